The van der Waals surface area contributed by atoms with Gasteiger partial charge in [-0.3, -0.25) is 4.79 Å². The maximum Gasteiger partial charge on any atom is 0.305 e. The van der Waals surface area contributed by atoms with Gasteiger partial charge in [-0.2, -0.15) is 0 Å². The Labute approximate surface area is 236 Å². The zero-order valence-electron chi connectivity index (χ0n) is 25.5. The SMILES string of the molecule is CCCCCCCCCCCCCCCCCC(=O)OCCOCCOCCOCCOCCCCCC. The summed E-state index contributed by atoms with van der Waals surface area (Å²) in [5.74, 6) is -0.110. The molecule has 0 aliphatic heterocycles. The molecule has 0 saturated carbocycles. The van der Waals surface area contributed by atoms with Crippen LogP contribution in [0.2, 0.25) is 0 Å². The van der Waals surface area contributed by atoms with Gasteiger partial charge >= 0.3 is 5.97 Å². The van der Waals surface area contributed by atoms with E-state index in [2.05, 4.69) is 13.8 Å². The van der Waals surface area contributed by atoms with Gasteiger partial charge in [-0.25, -0.2) is 0 Å². The van der Waals surface area contributed by atoms with Gasteiger partial charge in [0.15, 0.2) is 0 Å². The summed E-state index contributed by atoms with van der Waals surface area (Å²) >= 11 is 0. The predicted molar refractivity (Wildman–Crippen MR) is 158 cm³/mol. The van der Waals surface area contributed by atoms with Crippen LogP contribution in [0, 0.1) is 0 Å². The molecule has 0 rings (SSSR count). The monoisotopic (exact) mass is 544 g/mol. The van der Waals surface area contributed by atoms with E-state index >= 15 is 0 Å². The van der Waals surface area contributed by atoms with Crippen molar-refractivity contribution in [3.63, 3.8) is 0 Å². The Kier molecular flexibility index (Phi) is 33.7. The number of rotatable bonds is 33. The van der Waals surface area contributed by atoms with Gasteiger partial charge in [-0.15, -0.1) is 0 Å². The van der Waals surface area contributed by atoms with Gasteiger partial charge in [0.2, 0.25) is 0 Å². The number of hydrogen-bond acceptors (Lipinski definition) is 6. The van der Waals surface area contributed by atoms with Crippen molar-refractivity contribution in [1.29, 1.82) is 0 Å². The molecule has 0 radical (unpaired) electrons. The topological polar surface area (TPSA) is 63.2 Å². The van der Waals surface area contributed by atoms with E-state index in [4.69, 9.17) is 23.7 Å². The molecule has 228 valence electrons. The number of carbonyl (C=O) groups excluding carboxylic acids is 1. The predicted octanol–water partition coefficient (Wildman–Crippen LogP) is 8.44. The Morgan fingerprint density at radius 2 is 0.684 bits per heavy atom. The molecule has 0 N–H and O–H groups in total. The molecule has 0 spiro atoms. The average molecular weight is 545 g/mol. The van der Waals surface area contributed by atoms with E-state index in [-0.39, 0.29) is 5.97 Å². The largest absolute Gasteiger partial charge is 0.463 e. The second kappa shape index (κ2) is 34.3. The lowest BCUT2D eigenvalue weighted by Crippen LogP contribution is -2.14. The van der Waals surface area contributed by atoms with Crippen LogP contribution < -0.4 is 0 Å². The number of ether oxygens (including phenoxy) is 5. The number of esters is 1. The standard InChI is InChI=1S/C32H64O6/c1-3-5-7-9-10-11-12-13-14-15-16-17-18-19-20-22-32(33)38-31-30-37-29-28-36-27-26-35-25-24-34-23-21-8-6-4-2/h3-31H2,1-2H3. The van der Waals surface area contributed by atoms with Crippen LogP contribution in [0.25, 0.3) is 0 Å². The fraction of sp³-hybridized carbons (Fsp3) is 0.969. The van der Waals surface area contributed by atoms with E-state index in [0.717, 1.165) is 25.9 Å². The first-order chi connectivity index (χ1) is 18.8. The summed E-state index contributed by atoms with van der Waals surface area (Å²) in [6.07, 6.45) is 25.4. The Hall–Kier alpha value is -0.690. The van der Waals surface area contributed by atoms with Gasteiger partial charge in [-0.1, -0.05) is 123 Å². The molecular formula is C32H64O6. The first-order valence-electron chi connectivity index (χ1n) is 16.3. The van der Waals surface area contributed by atoms with Gasteiger partial charge in [0.1, 0.15) is 6.61 Å². The van der Waals surface area contributed by atoms with Gasteiger partial charge in [0.05, 0.1) is 46.2 Å². The average Bonchev–Trinajstić information content (AvgIpc) is 2.92. The van der Waals surface area contributed by atoms with Crippen molar-refractivity contribution in [3.8, 4) is 0 Å². The van der Waals surface area contributed by atoms with Crippen molar-refractivity contribution in [3.05, 3.63) is 0 Å². The molecule has 6 nitrogen and oxygen atoms in total. The third-order valence-electron chi connectivity index (χ3n) is 6.73. The summed E-state index contributed by atoms with van der Waals surface area (Å²) in [6.45, 7) is 9.44. The second-order valence-electron chi connectivity index (χ2n) is 10.4. The molecule has 6 heteroatoms. The van der Waals surface area contributed by atoms with E-state index in [1.54, 1.807) is 0 Å². The normalized spacial score (nSPS) is 11.3. The summed E-state index contributed by atoms with van der Waals surface area (Å²) in [5.41, 5.74) is 0. The number of hydrogen-bond donors (Lipinski definition) is 0. The maximum absolute atomic E-state index is 11.8. The summed E-state index contributed by atoms with van der Waals surface area (Å²) in [7, 11) is 0. The molecular weight excluding hydrogens is 480 g/mol. The molecule has 0 aliphatic carbocycles. The molecule has 0 aromatic heterocycles. The van der Waals surface area contributed by atoms with Gasteiger partial charge in [-0.05, 0) is 12.8 Å². The summed E-state index contributed by atoms with van der Waals surface area (Å²) in [4.78, 5) is 11.8. The van der Waals surface area contributed by atoms with E-state index in [9.17, 15) is 4.79 Å². The summed E-state index contributed by atoms with van der Waals surface area (Å²) < 4.78 is 27.2. The maximum atomic E-state index is 11.8. The van der Waals surface area contributed by atoms with Crippen LogP contribution in [-0.2, 0) is 28.5 Å². The Balaban J connectivity index is 3.14. The highest BCUT2D eigenvalue weighted by molar-refractivity contribution is 5.69. The second-order valence-corrected chi connectivity index (χ2v) is 10.4. The molecule has 0 aromatic rings. The lowest BCUT2D eigenvalue weighted by atomic mass is 10.0. The van der Waals surface area contributed by atoms with Gasteiger partial charge < -0.3 is 23.7 Å². The molecule has 0 aromatic carbocycles. The van der Waals surface area contributed by atoms with E-state index in [0.29, 0.717) is 59.3 Å². The van der Waals surface area contributed by atoms with Gasteiger partial charge in [0.25, 0.3) is 0 Å². The van der Waals surface area contributed by atoms with E-state index < -0.39 is 0 Å². The van der Waals surface area contributed by atoms with Crippen molar-refractivity contribution in [2.75, 3.05) is 59.5 Å². The minimum atomic E-state index is -0.110. The highest BCUT2D eigenvalue weighted by Gasteiger charge is 2.03. The summed E-state index contributed by atoms with van der Waals surface area (Å²) in [5, 5.41) is 0. The Morgan fingerprint density at radius 3 is 1.11 bits per heavy atom. The van der Waals surface area contributed by atoms with Crippen molar-refractivity contribution < 1.29 is 28.5 Å². The van der Waals surface area contributed by atoms with Crippen LogP contribution in [0.4, 0.5) is 0 Å². The van der Waals surface area contributed by atoms with Crippen LogP contribution in [0.1, 0.15) is 142 Å². The van der Waals surface area contributed by atoms with Crippen molar-refractivity contribution in [1.82, 2.24) is 0 Å². The van der Waals surface area contributed by atoms with Gasteiger partial charge in [0, 0.05) is 13.0 Å². The third kappa shape index (κ3) is 33.3. The van der Waals surface area contributed by atoms with E-state index in [1.807, 2.05) is 0 Å². The molecule has 0 aliphatic rings. The molecule has 0 atom stereocenters. The molecule has 0 heterocycles. The number of carbonyl (C=O) groups is 1. The summed E-state index contributed by atoms with van der Waals surface area (Å²) in [6, 6.07) is 0. The third-order valence-corrected chi connectivity index (χ3v) is 6.73. The molecule has 0 amide bonds. The van der Waals surface area contributed by atoms with Crippen LogP contribution in [0.5, 0.6) is 0 Å². The van der Waals surface area contributed by atoms with Crippen molar-refractivity contribution in [2.24, 2.45) is 0 Å². The fourth-order valence-corrected chi connectivity index (χ4v) is 4.32. The molecule has 0 fully saturated rings. The molecule has 0 bridgehead atoms. The first-order valence-corrected chi connectivity index (χ1v) is 16.3. The zero-order valence-corrected chi connectivity index (χ0v) is 25.5. The van der Waals surface area contributed by atoms with Crippen LogP contribution >= 0.6 is 0 Å². The van der Waals surface area contributed by atoms with E-state index in [1.165, 1.54) is 103 Å². The number of unbranched alkanes of at least 4 members (excludes halogenated alkanes) is 17. The smallest absolute Gasteiger partial charge is 0.305 e. The van der Waals surface area contributed by atoms with Crippen molar-refractivity contribution in [2.45, 2.75) is 142 Å². The Bertz CT molecular complexity index is 446. The molecule has 0 saturated heterocycles. The quantitative estimate of drug-likeness (QED) is 0.0610. The molecule has 38 heavy (non-hydrogen) atoms. The molecule has 0 unspecified atom stereocenters. The minimum Gasteiger partial charge on any atom is -0.463 e. The van der Waals surface area contributed by atoms with Crippen LogP contribution in [0.3, 0.4) is 0 Å². The fourth-order valence-electron chi connectivity index (χ4n) is 4.32. The van der Waals surface area contributed by atoms with Crippen molar-refractivity contribution >= 4 is 5.97 Å². The lowest BCUT2D eigenvalue weighted by Gasteiger charge is -2.08. The highest BCUT2D eigenvalue weighted by Crippen LogP contribution is 2.13. The first kappa shape index (κ1) is 37.3. The lowest BCUT2D eigenvalue weighted by molar-refractivity contribution is -0.145. The Morgan fingerprint density at radius 1 is 0.368 bits per heavy atom. The van der Waals surface area contributed by atoms with Crippen LogP contribution in [0.15, 0.2) is 0 Å². The zero-order chi connectivity index (χ0) is 27.6. The highest BCUT2D eigenvalue weighted by atomic mass is 16.6. The van der Waals surface area contributed by atoms with Crippen LogP contribution in [-0.4, -0.2) is 65.4 Å². The minimum absolute atomic E-state index is 0.110.